The Morgan fingerprint density at radius 1 is 0.950 bits per heavy atom. The van der Waals surface area contributed by atoms with Gasteiger partial charge in [-0.25, -0.2) is 4.79 Å². The predicted molar refractivity (Wildman–Crippen MR) is 79.0 cm³/mol. The van der Waals surface area contributed by atoms with E-state index in [-0.39, 0.29) is 5.97 Å². The normalized spacial score (nSPS) is 10.1. The number of ether oxygens (including phenoxy) is 2. The fraction of sp³-hybridized carbons (Fsp3) is 0.235. The molecular weight excluding hydrogens is 252 g/mol. The first-order valence-electron chi connectivity index (χ1n) is 6.75. The molecule has 20 heavy (non-hydrogen) atoms. The third kappa shape index (κ3) is 3.38. The molecule has 0 unspecified atom stereocenters. The van der Waals surface area contributed by atoms with Crippen molar-refractivity contribution >= 4 is 5.97 Å². The lowest BCUT2D eigenvalue weighted by Crippen LogP contribution is -2.04. The topological polar surface area (TPSA) is 35.5 Å². The van der Waals surface area contributed by atoms with Crippen molar-refractivity contribution in [1.29, 1.82) is 0 Å². The molecule has 2 aromatic rings. The van der Waals surface area contributed by atoms with Crippen LogP contribution in [0.3, 0.4) is 0 Å². The number of hydrogen-bond acceptors (Lipinski definition) is 3. The largest absolute Gasteiger partial charge is 0.494 e. The lowest BCUT2D eigenvalue weighted by atomic mass is 10.0. The number of rotatable bonds is 5. The van der Waals surface area contributed by atoms with Gasteiger partial charge in [0, 0.05) is 0 Å². The highest BCUT2D eigenvalue weighted by Crippen LogP contribution is 2.23. The summed E-state index contributed by atoms with van der Waals surface area (Å²) >= 11 is 0. The van der Waals surface area contributed by atoms with Crippen LogP contribution in [-0.4, -0.2) is 19.2 Å². The number of benzene rings is 2. The maximum atomic E-state index is 11.7. The van der Waals surface area contributed by atoms with Crippen molar-refractivity contribution in [1.82, 2.24) is 0 Å². The minimum atomic E-state index is -0.291. The summed E-state index contributed by atoms with van der Waals surface area (Å²) in [7, 11) is 0. The molecule has 3 nitrogen and oxygen atoms in total. The molecule has 0 aliphatic rings. The van der Waals surface area contributed by atoms with Crippen LogP contribution in [0.15, 0.2) is 48.5 Å². The molecule has 3 heteroatoms. The molecule has 0 aliphatic heterocycles. The van der Waals surface area contributed by atoms with Crippen molar-refractivity contribution in [3.8, 4) is 16.9 Å². The highest BCUT2D eigenvalue weighted by molar-refractivity contribution is 5.91. The minimum Gasteiger partial charge on any atom is -0.494 e. The average molecular weight is 270 g/mol. The van der Waals surface area contributed by atoms with E-state index in [1.807, 2.05) is 49.4 Å². The van der Waals surface area contributed by atoms with Gasteiger partial charge in [-0.15, -0.1) is 0 Å². The molecule has 0 heterocycles. The van der Waals surface area contributed by atoms with Gasteiger partial charge in [-0.3, -0.25) is 0 Å². The van der Waals surface area contributed by atoms with Crippen molar-refractivity contribution in [3.05, 3.63) is 54.1 Å². The van der Waals surface area contributed by atoms with Crippen molar-refractivity contribution in [2.75, 3.05) is 13.2 Å². The lowest BCUT2D eigenvalue weighted by molar-refractivity contribution is 0.0526. The molecule has 104 valence electrons. The average Bonchev–Trinajstić information content (AvgIpc) is 2.49. The van der Waals surface area contributed by atoms with E-state index < -0.39 is 0 Å². The summed E-state index contributed by atoms with van der Waals surface area (Å²) < 4.78 is 10.4. The van der Waals surface area contributed by atoms with Gasteiger partial charge in [-0.2, -0.15) is 0 Å². The zero-order valence-corrected chi connectivity index (χ0v) is 11.8. The Morgan fingerprint density at radius 3 is 2.35 bits per heavy atom. The van der Waals surface area contributed by atoms with Crippen LogP contribution in [0.1, 0.15) is 24.2 Å². The van der Waals surface area contributed by atoms with Gasteiger partial charge in [0.15, 0.2) is 0 Å². The standard InChI is InChI=1S/C17H18O3/c1-3-19-16-10-8-13(9-11-16)14-6-5-7-15(12-14)17(18)20-4-2/h5-12H,3-4H2,1-2H3. The van der Waals surface area contributed by atoms with E-state index in [2.05, 4.69) is 0 Å². The van der Waals surface area contributed by atoms with Crippen LogP contribution in [-0.2, 0) is 4.74 Å². The van der Waals surface area contributed by atoms with Crippen LogP contribution >= 0.6 is 0 Å². The van der Waals surface area contributed by atoms with E-state index in [0.717, 1.165) is 16.9 Å². The van der Waals surface area contributed by atoms with E-state index in [4.69, 9.17) is 9.47 Å². The molecule has 2 rings (SSSR count). The molecule has 0 spiro atoms. The molecule has 0 radical (unpaired) electrons. The highest BCUT2D eigenvalue weighted by Gasteiger charge is 2.07. The smallest absolute Gasteiger partial charge is 0.338 e. The zero-order chi connectivity index (χ0) is 14.4. The molecule has 0 saturated heterocycles. The predicted octanol–water partition coefficient (Wildman–Crippen LogP) is 3.93. The van der Waals surface area contributed by atoms with Crippen LogP contribution in [0.2, 0.25) is 0 Å². The van der Waals surface area contributed by atoms with Gasteiger partial charge in [0.05, 0.1) is 18.8 Å². The Labute approximate surface area is 119 Å². The Bertz CT molecular complexity index is 573. The summed E-state index contributed by atoms with van der Waals surface area (Å²) in [6.45, 7) is 4.79. The van der Waals surface area contributed by atoms with Crippen molar-refractivity contribution in [3.63, 3.8) is 0 Å². The third-order valence-electron chi connectivity index (χ3n) is 2.87. The summed E-state index contributed by atoms with van der Waals surface area (Å²) in [5, 5.41) is 0. The minimum absolute atomic E-state index is 0.291. The van der Waals surface area contributed by atoms with E-state index in [0.29, 0.717) is 18.8 Å². The molecule has 0 amide bonds. The monoisotopic (exact) mass is 270 g/mol. The first-order chi connectivity index (χ1) is 9.74. The van der Waals surface area contributed by atoms with E-state index >= 15 is 0 Å². The molecule has 2 aromatic carbocycles. The van der Waals surface area contributed by atoms with Gasteiger partial charge < -0.3 is 9.47 Å². The van der Waals surface area contributed by atoms with Crippen molar-refractivity contribution in [2.45, 2.75) is 13.8 Å². The molecule has 0 aliphatic carbocycles. The van der Waals surface area contributed by atoms with Crippen LogP contribution < -0.4 is 4.74 Å². The van der Waals surface area contributed by atoms with Gasteiger partial charge in [-0.1, -0.05) is 24.3 Å². The number of esters is 1. The number of carbonyl (C=O) groups excluding carboxylic acids is 1. The maximum Gasteiger partial charge on any atom is 0.338 e. The first-order valence-corrected chi connectivity index (χ1v) is 6.75. The fourth-order valence-corrected chi connectivity index (χ4v) is 1.95. The van der Waals surface area contributed by atoms with Gasteiger partial charge >= 0.3 is 5.97 Å². The van der Waals surface area contributed by atoms with Crippen molar-refractivity contribution in [2.24, 2.45) is 0 Å². The lowest BCUT2D eigenvalue weighted by Gasteiger charge is -2.07. The Balaban J connectivity index is 2.24. The summed E-state index contributed by atoms with van der Waals surface area (Å²) in [6, 6.07) is 15.2. The van der Waals surface area contributed by atoms with Crippen molar-refractivity contribution < 1.29 is 14.3 Å². The molecule has 0 fully saturated rings. The Hall–Kier alpha value is -2.29. The number of hydrogen-bond donors (Lipinski definition) is 0. The molecule has 0 saturated carbocycles. The zero-order valence-electron chi connectivity index (χ0n) is 11.8. The molecule has 0 bridgehead atoms. The second kappa shape index (κ2) is 6.75. The molecule has 0 atom stereocenters. The van der Waals surface area contributed by atoms with E-state index in [1.54, 1.807) is 13.0 Å². The molecular formula is C17H18O3. The SMILES string of the molecule is CCOC(=O)c1cccc(-c2ccc(OCC)cc2)c1. The van der Waals surface area contributed by atoms with Crippen LogP contribution in [0, 0.1) is 0 Å². The summed E-state index contributed by atoms with van der Waals surface area (Å²) in [5.41, 5.74) is 2.59. The quantitative estimate of drug-likeness (QED) is 0.772. The maximum absolute atomic E-state index is 11.7. The number of carbonyl (C=O) groups is 1. The molecule has 0 aromatic heterocycles. The summed E-state index contributed by atoms with van der Waals surface area (Å²) in [5.74, 6) is 0.554. The Morgan fingerprint density at radius 2 is 1.70 bits per heavy atom. The van der Waals surface area contributed by atoms with E-state index in [9.17, 15) is 4.79 Å². The van der Waals surface area contributed by atoms with Gasteiger partial charge in [0.2, 0.25) is 0 Å². The van der Waals surface area contributed by atoms with Crippen LogP contribution in [0.4, 0.5) is 0 Å². The first kappa shape index (κ1) is 14.1. The summed E-state index contributed by atoms with van der Waals surface area (Å²) in [6.07, 6.45) is 0. The van der Waals surface area contributed by atoms with Gasteiger partial charge in [-0.05, 0) is 49.2 Å². The van der Waals surface area contributed by atoms with Crippen LogP contribution in [0.5, 0.6) is 5.75 Å². The Kier molecular flexibility index (Phi) is 4.77. The second-order valence-electron chi connectivity index (χ2n) is 4.26. The van der Waals surface area contributed by atoms with Gasteiger partial charge in [0.25, 0.3) is 0 Å². The third-order valence-corrected chi connectivity index (χ3v) is 2.87. The fourth-order valence-electron chi connectivity index (χ4n) is 1.95. The van der Waals surface area contributed by atoms with Gasteiger partial charge in [0.1, 0.15) is 5.75 Å². The van der Waals surface area contributed by atoms with E-state index in [1.165, 1.54) is 0 Å². The van der Waals surface area contributed by atoms with Crippen LogP contribution in [0.25, 0.3) is 11.1 Å². The molecule has 0 N–H and O–H groups in total. The second-order valence-corrected chi connectivity index (χ2v) is 4.26. The highest BCUT2D eigenvalue weighted by atomic mass is 16.5. The summed E-state index contributed by atoms with van der Waals surface area (Å²) in [4.78, 5) is 11.7.